The third-order valence-electron chi connectivity index (χ3n) is 2.35. The van der Waals surface area contributed by atoms with E-state index in [-0.39, 0.29) is 5.75 Å². The van der Waals surface area contributed by atoms with Crippen LogP contribution in [0.5, 0.6) is 0 Å². The Labute approximate surface area is 113 Å². The fourth-order valence-electron chi connectivity index (χ4n) is 1.26. The van der Waals surface area contributed by atoms with Crippen molar-refractivity contribution in [3.05, 3.63) is 11.1 Å². The first-order valence-corrected chi connectivity index (χ1v) is 8.72. The van der Waals surface area contributed by atoms with E-state index in [0.29, 0.717) is 12.6 Å². The number of rotatable bonds is 7. The van der Waals surface area contributed by atoms with Gasteiger partial charge in [-0.3, -0.25) is 0 Å². The lowest BCUT2D eigenvalue weighted by molar-refractivity contribution is 0.593. The van der Waals surface area contributed by atoms with Crippen LogP contribution in [-0.2, 0) is 16.4 Å². The van der Waals surface area contributed by atoms with Crippen LogP contribution in [0.2, 0.25) is 0 Å². The van der Waals surface area contributed by atoms with E-state index >= 15 is 0 Å². The molecule has 0 spiro atoms. The van der Waals surface area contributed by atoms with E-state index in [1.807, 2.05) is 18.1 Å². The predicted molar refractivity (Wildman–Crippen MR) is 77.1 cm³/mol. The highest BCUT2D eigenvalue weighted by molar-refractivity contribution is 7.90. The summed E-state index contributed by atoms with van der Waals surface area (Å²) in [5, 5.41) is 4.19. The summed E-state index contributed by atoms with van der Waals surface area (Å²) >= 11 is 1.59. The first-order chi connectivity index (χ1) is 8.28. The van der Waals surface area contributed by atoms with Crippen LogP contribution < -0.4 is 10.2 Å². The van der Waals surface area contributed by atoms with Crippen molar-refractivity contribution in [1.82, 2.24) is 10.3 Å². The molecule has 0 aromatic carbocycles. The maximum Gasteiger partial charge on any atom is 0.185 e. The van der Waals surface area contributed by atoms with Crippen molar-refractivity contribution >= 4 is 26.3 Å². The lowest BCUT2D eigenvalue weighted by atomic mass is 10.4. The van der Waals surface area contributed by atoms with E-state index in [2.05, 4.69) is 24.1 Å². The van der Waals surface area contributed by atoms with Gasteiger partial charge in [-0.05, 0) is 0 Å². The topological polar surface area (TPSA) is 62.3 Å². The molecule has 0 saturated heterocycles. The molecule has 18 heavy (non-hydrogen) atoms. The molecule has 0 aliphatic carbocycles. The molecule has 1 rings (SSSR count). The van der Waals surface area contributed by atoms with E-state index in [1.54, 1.807) is 11.3 Å². The van der Waals surface area contributed by atoms with Gasteiger partial charge in [-0.2, -0.15) is 0 Å². The Kier molecular flexibility index (Phi) is 5.55. The van der Waals surface area contributed by atoms with Gasteiger partial charge in [0.15, 0.2) is 5.13 Å². The fraction of sp³-hybridized carbons (Fsp3) is 0.727. The molecule has 1 aromatic heterocycles. The van der Waals surface area contributed by atoms with Crippen LogP contribution in [0.3, 0.4) is 0 Å². The van der Waals surface area contributed by atoms with Crippen LogP contribution >= 0.6 is 11.3 Å². The molecule has 0 fully saturated rings. The molecule has 5 nitrogen and oxygen atoms in total. The van der Waals surface area contributed by atoms with Crippen LogP contribution in [0.25, 0.3) is 0 Å². The molecule has 7 heteroatoms. The Balaban J connectivity index is 2.51. The summed E-state index contributed by atoms with van der Waals surface area (Å²) < 4.78 is 22.2. The number of hydrogen-bond donors (Lipinski definition) is 1. The fourth-order valence-corrected chi connectivity index (χ4v) is 2.71. The lowest BCUT2D eigenvalue weighted by Crippen LogP contribution is -2.24. The molecule has 0 unspecified atom stereocenters. The van der Waals surface area contributed by atoms with Crippen molar-refractivity contribution < 1.29 is 8.42 Å². The number of sulfone groups is 1. The SMILES string of the molecule is CC(C)NCc1cnc(N(C)CCS(C)(=O)=O)s1. The van der Waals surface area contributed by atoms with Gasteiger partial charge in [0.1, 0.15) is 9.84 Å². The summed E-state index contributed by atoms with van der Waals surface area (Å²) in [7, 11) is -1.05. The average Bonchev–Trinajstić information content (AvgIpc) is 2.70. The molecule has 1 N–H and O–H groups in total. The molecule has 1 heterocycles. The van der Waals surface area contributed by atoms with Gasteiger partial charge in [-0.1, -0.05) is 13.8 Å². The van der Waals surface area contributed by atoms with Crippen molar-refractivity contribution in [3.8, 4) is 0 Å². The second-order valence-electron chi connectivity index (χ2n) is 4.70. The molecule has 0 aliphatic rings. The quantitative estimate of drug-likeness (QED) is 0.816. The van der Waals surface area contributed by atoms with E-state index in [1.165, 1.54) is 6.26 Å². The van der Waals surface area contributed by atoms with Crippen molar-refractivity contribution in [2.75, 3.05) is 30.5 Å². The lowest BCUT2D eigenvalue weighted by Gasteiger charge is -2.14. The second kappa shape index (κ2) is 6.49. The van der Waals surface area contributed by atoms with Crippen LogP contribution in [0.15, 0.2) is 6.20 Å². The van der Waals surface area contributed by atoms with E-state index < -0.39 is 9.84 Å². The van der Waals surface area contributed by atoms with Gasteiger partial charge >= 0.3 is 0 Å². The summed E-state index contributed by atoms with van der Waals surface area (Å²) in [5.41, 5.74) is 0. The second-order valence-corrected chi connectivity index (χ2v) is 8.05. The zero-order chi connectivity index (χ0) is 13.8. The van der Waals surface area contributed by atoms with Gasteiger partial charge in [0.2, 0.25) is 0 Å². The smallest absolute Gasteiger partial charge is 0.185 e. The summed E-state index contributed by atoms with van der Waals surface area (Å²) in [6.45, 7) is 5.47. The summed E-state index contributed by atoms with van der Waals surface area (Å²) in [6, 6.07) is 0.443. The Hall–Kier alpha value is -0.660. The minimum absolute atomic E-state index is 0.155. The Morgan fingerprint density at radius 2 is 2.17 bits per heavy atom. The zero-order valence-corrected chi connectivity index (χ0v) is 12.9. The number of anilines is 1. The van der Waals surface area contributed by atoms with Crippen LogP contribution in [0.4, 0.5) is 5.13 Å². The number of hydrogen-bond acceptors (Lipinski definition) is 6. The van der Waals surface area contributed by atoms with Crippen molar-refractivity contribution in [2.24, 2.45) is 0 Å². The Morgan fingerprint density at radius 1 is 1.50 bits per heavy atom. The van der Waals surface area contributed by atoms with Gasteiger partial charge < -0.3 is 10.2 Å². The minimum atomic E-state index is -2.92. The van der Waals surface area contributed by atoms with Crippen LogP contribution in [0, 0.1) is 0 Å². The standard InChI is InChI=1S/C11H21N3O2S2/c1-9(2)12-7-10-8-13-11(17-10)14(3)5-6-18(4,15)16/h8-9,12H,5-7H2,1-4H3. The van der Waals surface area contributed by atoms with Crippen molar-refractivity contribution in [1.29, 1.82) is 0 Å². The Morgan fingerprint density at radius 3 is 2.72 bits per heavy atom. The van der Waals surface area contributed by atoms with Gasteiger partial charge in [0, 0.05) is 43.5 Å². The maximum atomic E-state index is 11.1. The van der Waals surface area contributed by atoms with E-state index in [9.17, 15) is 8.42 Å². The highest BCUT2D eigenvalue weighted by Gasteiger charge is 2.10. The highest BCUT2D eigenvalue weighted by Crippen LogP contribution is 2.21. The maximum absolute atomic E-state index is 11.1. The molecule has 0 bridgehead atoms. The zero-order valence-electron chi connectivity index (χ0n) is 11.3. The molecule has 0 saturated carbocycles. The van der Waals surface area contributed by atoms with E-state index in [0.717, 1.165) is 16.6 Å². The Bertz CT molecular complexity index is 468. The van der Waals surface area contributed by atoms with E-state index in [4.69, 9.17) is 0 Å². The van der Waals surface area contributed by atoms with Crippen LogP contribution in [0.1, 0.15) is 18.7 Å². The molecule has 0 amide bonds. The number of thiazole rings is 1. The number of nitrogens with one attached hydrogen (secondary N) is 1. The molecule has 0 radical (unpaired) electrons. The minimum Gasteiger partial charge on any atom is -0.350 e. The molecule has 0 atom stereocenters. The predicted octanol–water partition coefficient (Wildman–Crippen LogP) is 1.12. The molecule has 104 valence electrons. The van der Waals surface area contributed by atoms with Gasteiger partial charge in [0.25, 0.3) is 0 Å². The highest BCUT2D eigenvalue weighted by atomic mass is 32.2. The summed E-state index contributed by atoms with van der Waals surface area (Å²) in [6.07, 6.45) is 3.09. The van der Waals surface area contributed by atoms with Gasteiger partial charge in [0.05, 0.1) is 5.75 Å². The first-order valence-electron chi connectivity index (χ1n) is 5.85. The number of aromatic nitrogens is 1. The molecule has 1 aromatic rings. The normalized spacial score (nSPS) is 12.1. The molecule has 0 aliphatic heterocycles. The third kappa shape index (κ3) is 5.79. The summed E-state index contributed by atoms with van der Waals surface area (Å²) in [5.74, 6) is 0.155. The summed E-state index contributed by atoms with van der Waals surface area (Å²) in [4.78, 5) is 7.34. The number of nitrogens with zero attached hydrogens (tertiary/aromatic N) is 2. The van der Waals surface area contributed by atoms with Gasteiger partial charge in [-0.15, -0.1) is 11.3 Å². The largest absolute Gasteiger partial charge is 0.350 e. The van der Waals surface area contributed by atoms with Crippen molar-refractivity contribution in [3.63, 3.8) is 0 Å². The van der Waals surface area contributed by atoms with Crippen LogP contribution in [-0.4, -0.2) is 45.0 Å². The third-order valence-corrected chi connectivity index (χ3v) is 4.39. The molecular weight excluding hydrogens is 270 g/mol. The first kappa shape index (κ1) is 15.4. The average molecular weight is 291 g/mol. The van der Waals surface area contributed by atoms with Crippen molar-refractivity contribution in [2.45, 2.75) is 26.4 Å². The molecular formula is C11H21N3O2S2. The van der Waals surface area contributed by atoms with Gasteiger partial charge in [-0.25, -0.2) is 13.4 Å². The monoisotopic (exact) mass is 291 g/mol.